The van der Waals surface area contributed by atoms with Gasteiger partial charge in [-0.3, -0.25) is 5.10 Å². The number of aromatic nitrogens is 2. The van der Waals surface area contributed by atoms with Crippen molar-refractivity contribution in [3.63, 3.8) is 0 Å². The lowest BCUT2D eigenvalue weighted by Crippen LogP contribution is -1.92. The molecule has 0 bridgehead atoms. The predicted molar refractivity (Wildman–Crippen MR) is 77.5 cm³/mol. The summed E-state index contributed by atoms with van der Waals surface area (Å²) in [7, 11) is 1.64. The number of halogens is 1. The van der Waals surface area contributed by atoms with Crippen LogP contribution in [0.1, 0.15) is 0 Å². The van der Waals surface area contributed by atoms with Gasteiger partial charge >= 0.3 is 0 Å². The number of H-pyrrole nitrogens is 1. The van der Waals surface area contributed by atoms with Crippen molar-refractivity contribution in [1.29, 1.82) is 0 Å². The molecule has 0 saturated heterocycles. The van der Waals surface area contributed by atoms with Gasteiger partial charge in [0.2, 0.25) is 0 Å². The van der Waals surface area contributed by atoms with Gasteiger partial charge < -0.3 is 10.5 Å². The minimum Gasteiger partial charge on any atom is -0.496 e. The Morgan fingerprint density at radius 3 is 2.68 bits per heavy atom. The maximum atomic E-state index is 6.03. The van der Waals surface area contributed by atoms with Crippen molar-refractivity contribution in [2.24, 2.45) is 0 Å². The number of nitrogens with two attached hydrogens (primary N) is 1. The minimum absolute atomic E-state index is 0.514. The van der Waals surface area contributed by atoms with Gasteiger partial charge in [-0.25, -0.2) is 0 Å². The predicted octanol–water partition coefficient (Wildman–Crippen LogP) is 3.47. The van der Waals surface area contributed by atoms with E-state index in [9.17, 15) is 0 Å². The summed E-state index contributed by atoms with van der Waals surface area (Å²) < 4.78 is 5.43. The first-order chi connectivity index (χ1) is 9.19. The van der Waals surface area contributed by atoms with Crippen molar-refractivity contribution in [3.8, 4) is 16.9 Å². The third kappa shape index (κ3) is 2.00. The molecule has 3 rings (SSSR count). The van der Waals surface area contributed by atoms with Crippen molar-refractivity contribution in [2.75, 3.05) is 12.8 Å². The topological polar surface area (TPSA) is 63.9 Å². The van der Waals surface area contributed by atoms with Crippen LogP contribution in [0.5, 0.6) is 5.75 Å². The molecule has 0 amide bonds. The van der Waals surface area contributed by atoms with Crippen LogP contribution >= 0.6 is 11.6 Å². The standard InChI is InChI=1S/C14H12ClN3O/c1-19-13-6-8-2-3-10(15)4-9(8)5-11(13)12-7-17-18-14(12)16/h2-7H,1H3,(H3,16,17,18). The molecule has 0 radical (unpaired) electrons. The fourth-order valence-electron chi connectivity index (χ4n) is 2.14. The van der Waals surface area contributed by atoms with Crippen LogP contribution in [0.3, 0.4) is 0 Å². The van der Waals surface area contributed by atoms with Crippen LogP contribution in [-0.2, 0) is 0 Å². The van der Waals surface area contributed by atoms with Gasteiger partial charge in [0, 0.05) is 16.1 Å². The molecule has 4 nitrogen and oxygen atoms in total. The highest BCUT2D eigenvalue weighted by atomic mass is 35.5. The average Bonchev–Trinajstić information content (AvgIpc) is 2.83. The molecule has 3 N–H and O–H groups in total. The van der Waals surface area contributed by atoms with Gasteiger partial charge in [0.25, 0.3) is 0 Å². The summed E-state index contributed by atoms with van der Waals surface area (Å²) in [6.45, 7) is 0. The SMILES string of the molecule is COc1cc2ccc(Cl)cc2cc1-c1cn[nH]c1N. The van der Waals surface area contributed by atoms with Gasteiger partial charge in [-0.1, -0.05) is 17.7 Å². The first kappa shape index (κ1) is 11.9. The Morgan fingerprint density at radius 2 is 2.00 bits per heavy atom. The minimum atomic E-state index is 0.514. The fourth-order valence-corrected chi connectivity index (χ4v) is 2.32. The van der Waals surface area contributed by atoms with Crippen molar-refractivity contribution >= 4 is 28.2 Å². The van der Waals surface area contributed by atoms with Gasteiger partial charge in [0.1, 0.15) is 11.6 Å². The maximum absolute atomic E-state index is 6.03. The molecule has 2 aromatic carbocycles. The smallest absolute Gasteiger partial charge is 0.127 e. The fraction of sp³-hybridized carbons (Fsp3) is 0.0714. The lowest BCUT2D eigenvalue weighted by molar-refractivity contribution is 0.417. The number of aromatic amines is 1. The van der Waals surface area contributed by atoms with Gasteiger partial charge in [-0.2, -0.15) is 5.10 Å². The van der Waals surface area contributed by atoms with E-state index in [4.69, 9.17) is 22.1 Å². The second-order valence-corrected chi connectivity index (χ2v) is 4.68. The lowest BCUT2D eigenvalue weighted by Gasteiger charge is -2.10. The first-order valence-electron chi connectivity index (χ1n) is 5.75. The van der Waals surface area contributed by atoms with Crippen molar-refractivity contribution in [1.82, 2.24) is 10.2 Å². The molecule has 0 aliphatic heterocycles. The molecule has 0 aliphatic carbocycles. The zero-order valence-corrected chi connectivity index (χ0v) is 11.0. The molecule has 1 heterocycles. The number of nitrogen functional groups attached to an aromatic ring is 1. The zero-order chi connectivity index (χ0) is 13.4. The first-order valence-corrected chi connectivity index (χ1v) is 6.13. The summed E-state index contributed by atoms with van der Waals surface area (Å²) in [5.74, 6) is 1.27. The van der Waals surface area contributed by atoms with E-state index < -0.39 is 0 Å². The van der Waals surface area contributed by atoms with E-state index in [2.05, 4.69) is 10.2 Å². The third-order valence-electron chi connectivity index (χ3n) is 3.08. The van der Waals surface area contributed by atoms with Gasteiger partial charge in [0.15, 0.2) is 0 Å². The molecule has 0 aliphatic rings. The quantitative estimate of drug-likeness (QED) is 0.751. The molecular formula is C14H12ClN3O. The molecule has 0 unspecified atom stereocenters. The van der Waals surface area contributed by atoms with Gasteiger partial charge in [-0.05, 0) is 35.0 Å². The highest BCUT2D eigenvalue weighted by Gasteiger charge is 2.12. The Morgan fingerprint density at radius 1 is 1.16 bits per heavy atom. The molecule has 0 saturated carbocycles. The van der Waals surface area contributed by atoms with E-state index in [1.54, 1.807) is 13.3 Å². The number of ether oxygens (including phenoxy) is 1. The second-order valence-electron chi connectivity index (χ2n) is 4.24. The Balaban J connectivity index is 2.31. The molecule has 0 spiro atoms. The van der Waals surface area contributed by atoms with Crippen LogP contribution < -0.4 is 10.5 Å². The van der Waals surface area contributed by atoms with Gasteiger partial charge in [-0.15, -0.1) is 0 Å². The Hall–Kier alpha value is -2.20. The van der Waals surface area contributed by atoms with E-state index >= 15 is 0 Å². The van der Waals surface area contributed by atoms with Crippen LogP contribution in [0.25, 0.3) is 21.9 Å². The number of anilines is 1. The molecule has 19 heavy (non-hydrogen) atoms. The number of nitrogens with zero attached hydrogens (tertiary/aromatic N) is 1. The average molecular weight is 274 g/mol. The van der Waals surface area contributed by atoms with Crippen molar-refractivity contribution in [3.05, 3.63) is 41.6 Å². The summed E-state index contributed by atoms with van der Waals surface area (Å²) >= 11 is 6.03. The highest BCUT2D eigenvalue weighted by Crippen LogP contribution is 2.36. The summed E-state index contributed by atoms with van der Waals surface area (Å²) in [6, 6.07) is 9.70. The summed E-state index contributed by atoms with van der Waals surface area (Å²) in [5, 5.41) is 9.45. The van der Waals surface area contributed by atoms with E-state index in [1.165, 1.54) is 0 Å². The Labute approximate surface area is 115 Å². The van der Waals surface area contributed by atoms with Gasteiger partial charge in [0.05, 0.1) is 13.3 Å². The number of fused-ring (bicyclic) bond motifs is 1. The van der Waals surface area contributed by atoms with Crippen LogP contribution in [0.4, 0.5) is 5.82 Å². The summed E-state index contributed by atoms with van der Waals surface area (Å²) in [6.07, 6.45) is 1.68. The molecule has 96 valence electrons. The number of hydrogen-bond acceptors (Lipinski definition) is 3. The van der Waals surface area contributed by atoms with E-state index in [-0.39, 0.29) is 0 Å². The molecule has 5 heteroatoms. The lowest BCUT2D eigenvalue weighted by atomic mass is 10.0. The second kappa shape index (κ2) is 4.48. The van der Waals surface area contributed by atoms with Crippen LogP contribution in [0.15, 0.2) is 36.5 Å². The number of rotatable bonds is 2. The van der Waals surface area contributed by atoms with Crippen molar-refractivity contribution in [2.45, 2.75) is 0 Å². The molecule has 3 aromatic rings. The Bertz CT molecular complexity index is 752. The number of methoxy groups -OCH3 is 1. The monoisotopic (exact) mass is 273 g/mol. The summed E-state index contributed by atoms with van der Waals surface area (Å²) in [4.78, 5) is 0. The zero-order valence-electron chi connectivity index (χ0n) is 10.3. The summed E-state index contributed by atoms with van der Waals surface area (Å²) in [5.41, 5.74) is 7.58. The van der Waals surface area contributed by atoms with E-state index in [1.807, 2.05) is 30.3 Å². The van der Waals surface area contributed by atoms with Crippen LogP contribution in [0, 0.1) is 0 Å². The normalized spacial score (nSPS) is 10.8. The third-order valence-corrected chi connectivity index (χ3v) is 3.31. The largest absolute Gasteiger partial charge is 0.496 e. The van der Waals surface area contributed by atoms with E-state index in [0.29, 0.717) is 10.8 Å². The molecular weight excluding hydrogens is 262 g/mol. The number of nitrogens with one attached hydrogen (secondary N) is 1. The van der Waals surface area contributed by atoms with Crippen molar-refractivity contribution < 1.29 is 4.74 Å². The highest BCUT2D eigenvalue weighted by molar-refractivity contribution is 6.31. The van der Waals surface area contributed by atoms with Crippen LogP contribution in [0.2, 0.25) is 5.02 Å². The molecule has 0 fully saturated rings. The number of hydrogen-bond donors (Lipinski definition) is 2. The molecule has 1 aromatic heterocycles. The Kier molecular flexibility index (Phi) is 2.80. The van der Waals surface area contributed by atoms with Crippen LogP contribution in [-0.4, -0.2) is 17.3 Å². The van der Waals surface area contributed by atoms with E-state index in [0.717, 1.165) is 27.6 Å². The maximum Gasteiger partial charge on any atom is 0.127 e. The molecule has 0 atom stereocenters. The number of benzene rings is 2.